The number of H-pyrrole nitrogens is 1. The van der Waals surface area contributed by atoms with Crippen LogP contribution < -0.4 is 5.73 Å². The van der Waals surface area contributed by atoms with Gasteiger partial charge in [0, 0.05) is 10.9 Å². The molecular weight excluding hydrogens is 206 g/mol. The molecule has 0 aliphatic rings. The maximum atomic E-state index is 5.84. The van der Waals surface area contributed by atoms with Crippen LogP contribution in [-0.4, -0.2) is 9.97 Å². The number of thiophene rings is 1. The summed E-state index contributed by atoms with van der Waals surface area (Å²) in [6.45, 7) is 0. The monoisotopic (exact) mass is 215 g/mol. The predicted molar refractivity (Wildman–Crippen MR) is 63.8 cm³/mol. The van der Waals surface area contributed by atoms with Crippen molar-refractivity contribution in [3.05, 3.63) is 35.0 Å². The second-order valence-corrected chi connectivity index (χ2v) is 4.12. The molecule has 0 aliphatic heterocycles. The highest BCUT2D eigenvalue weighted by atomic mass is 32.1. The first-order valence-electron chi connectivity index (χ1n) is 4.61. The molecule has 1 aromatic carbocycles. The van der Waals surface area contributed by atoms with Gasteiger partial charge < -0.3 is 10.7 Å². The van der Waals surface area contributed by atoms with Crippen molar-refractivity contribution < 1.29 is 0 Å². The molecule has 0 spiro atoms. The SMILES string of the molecule is Nc1cccc2[nH]c(-c3ccsc3)nc12. The number of nitrogens with zero attached hydrogens (tertiary/aromatic N) is 1. The molecule has 0 saturated heterocycles. The van der Waals surface area contributed by atoms with E-state index >= 15 is 0 Å². The molecule has 0 bridgehead atoms. The van der Waals surface area contributed by atoms with Gasteiger partial charge in [0.2, 0.25) is 0 Å². The van der Waals surface area contributed by atoms with Gasteiger partial charge in [-0.3, -0.25) is 0 Å². The predicted octanol–water partition coefficient (Wildman–Crippen LogP) is 2.87. The van der Waals surface area contributed by atoms with E-state index in [0.29, 0.717) is 5.69 Å². The molecule has 0 radical (unpaired) electrons. The first-order valence-corrected chi connectivity index (χ1v) is 5.55. The van der Waals surface area contributed by atoms with E-state index in [9.17, 15) is 0 Å². The molecule has 0 atom stereocenters. The zero-order chi connectivity index (χ0) is 10.3. The summed E-state index contributed by atoms with van der Waals surface area (Å²) in [6, 6.07) is 7.81. The third-order valence-corrected chi connectivity index (χ3v) is 3.02. The summed E-state index contributed by atoms with van der Waals surface area (Å²) < 4.78 is 0. The smallest absolute Gasteiger partial charge is 0.139 e. The summed E-state index contributed by atoms with van der Waals surface area (Å²) >= 11 is 1.66. The number of hydrogen-bond donors (Lipinski definition) is 2. The Morgan fingerprint density at radius 2 is 2.20 bits per heavy atom. The second kappa shape index (κ2) is 3.10. The standard InChI is InChI=1S/C11H9N3S/c12-8-2-1-3-9-10(8)14-11(13-9)7-4-5-15-6-7/h1-6H,12H2,(H,13,14). The fourth-order valence-electron chi connectivity index (χ4n) is 1.59. The van der Waals surface area contributed by atoms with Gasteiger partial charge in [-0.2, -0.15) is 11.3 Å². The lowest BCUT2D eigenvalue weighted by Crippen LogP contribution is -1.84. The number of nitrogen functional groups attached to an aromatic ring is 1. The molecule has 2 heterocycles. The number of nitrogens with one attached hydrogen (secondary N) is 1. The van der Waals surface area contributed by atoms with E-state index in [1.54, 1.807) is 11.3 Å². The quantitative estimate of drug-likeness (QED) is 0.613. The summed E-state index contributed by atoms with van der Waals surface area (Å²) in [5, 5.41) is 4.10. The maximum absolute atomic E-state index is 5.84. The van der Waals surface area contributed by atoms with Crippen LogP contribution in [0.2, 0.25) is 0 Å². The molecule has 0 amide bonds. The number of benzene rings is 1. The molecule has 3 aromatic rings. The number of hydrogen-bond acceptors (Lipinski definition) is 3. The summed E-state index contributed by atoms with van der Waals surface area (Å²) in [5.74, 6) is 0.879. The van der Waals surface area contributed by atoms with Crippen LogP contribution in [0.5, 0.6) is 0 Å². The Balaban J connectivity index is 2.27. The molecule has 3 N–H and O–H groups in total. The lowest BCUT2D eigenvalue weighted by Gasteiger charge is -1.90. The van der Waals surface area contributed by atoms with E-state index < -0.39 is 0 Å². The third kappa shape index (κ3) is 1.30. The van der Waals surface area contributed by atoms with Gasteiger partial charge in [0.1, 0.15) is 11.3 Å². The van der Waals surface area contributed by atoms with Crippen LogP contribution in [0.25, 0.3) is 22.4 Å². The van der Waals surface area contributed by atoms with Crippen molar-refractivity contribution in [3.8, 4) is 11.4 Å². The fourth-order valence-corrected chi connectivity index (χ4v) is 2.23. The summed E-state index contributed by atoms with van der Waals surface area (Å²) in [5.41, 5.74) is 9.49. The summed E-state index contributed by atoms with van der Waals surface area (Å²) in [6.07, 6.45) is 0. The highest BCUT2D eigenvalue weighted by Gasteiger charge is 2.06. The van der Waals surface area contributed by atoms with E-state index in [4.69, 9.17) is 5.73 Å². The van der Waals surface area contributed by atoms with E-state index in [2.05, 4.69) is 15.3 Å². The first-order chi connectivity index (χ1) is 7.34. The van der Waals surface area contributed by atoms with Crippen molar-refractivity contribution in [2.75, 3.05) is 5.73 Å². The van der Waals surface area contributed by atoms with Gasteiger partial charge in [0.25, 0.3) is 0 Å². The lowest BCUT2D eigenvalue weighted by atomic mass is 10.3. The van der Waals surface area contributed by atoms with Gasteiger partial charge in [0.05, 0.1) is 11.2 Å². The number of anilines is 1. The van der Waals surface area contributed by atoms with E-state index in [1.165, 1.54) is 0 Å². The molecule has 0 unspecified atom stereocenters. The van der Waals surface area contributed by atoms with Crippen molar-refractivity contribution in [2.24, 2.45) is 0 Å². The lowest BCUT2D eigenvalue weighted by molar-refractivity contribution is 1.35. The van der Waals surface area contributed by atoms with E-state index in [1.807, 2.05) is 29.6 Å². The van der Waals surface area contributed by atoms with Crippen LogP contribution in [0.1, 0.15) is 0 Å². The van der Waals surface area contributed by atoms with Crippen molar-refractivity contribution in [1.82, 2.24) is 9.97 Å². The zero-order valence-electron chi connectivity index (χ0n) is 7.90. The Morgan fingerprint density at radius 1 is 1.27 bits per heavy atom. The minimum atomic E-state index is 0.713. The number of aromatic nitrogens is 2. The third-order valence-electron chi connectivity index (χ3n) is 2.34. The number of imidazole rings is 1. The van der Waals surface area contributed by atoms with Crippen LogP contribution in [0.4, 0.5) is 5.69 Å². The van der Waals surface area contributed by atoms with Gasteiger partial charge in [0.15, 0.2) is 0 Å². The number of para-hydroxylation sites is 1. The molecule has 0 aliphatic carbocycles. The molecule has 74 valence electrons. The van der Waals surface area contributed by atoms with Gasteiger partial charge in [-0.1, -0.05) is 6.07 Å². The number of nitrogens with two attached hydrogens (primary N) is 1. The minimum Gasteiger partial charge on any atom is -0.397 e. The molecule has 2 aromatic heterocycles. The largest absolute Gasteiger partial charge is 0.397 e. The molecular formula is C11H9N3S. The molecule has 4 heteroatoms. The number of aromatic amines is 1. The zero-order valence-corrected chi connectivity index (χ0v) is 8.71. The van der Waals surface area contributed by atoms with Crippen molar-refractivity contribution in [3.63, 3.8) is 0 Å². The minimum absolute atomic E-state index is 0.713. The van der Waals surface area contributed by atoms with Crippen LogP contribution in [0, 0.1) is 0 Å². The Hall–Kier alpha value is -1.81. The Morgan fingerprint density at radius 3 is 2.93 bits per heavy atom. The number of fused-ring (bicyclic) bond motifs is 1. The normalized spacial score (nSPS) is 10.9. The highest BCUT2D eigenvalue weighted by molar-refractivity contribution is 7.08. The van der Waals surface area contributed by atoms with E-state index in [-0.39, 0.29) is 0 Å². The Kier molecular flexibility index (Phi) is 1.76. The fraction of sp³-hybridized carbons (Fsp3) is 0. The molecule has 0 saturated carbocycles. The van der Waals surface area contributed by atoms with Crippen molar-refractivity contribution in [1.29, 1.82) is 0 Å². The topological polar surface area (TPSA) is 54.7 Å². The average Bonchev–Trinajstić information content (AvgIpc) is 2.86. The molecule has 3 nitrogen and oxygen atoms in total. The van der Waals surface area contributed by atoms with Gasteiger partial charge in [-0.15, -0.1) is 0 Å². The van der Waals surface area contributed by atoms with Crippen LogP contribution in [0.3, 0.4) is 0 Å². The Labute approximate surface area is 90.6 Å². The first kappa shape index (κ1) is 8.49. The molecule has 3 rings (SSSR count). The highest BCUT2D eigenvalue weighted by Crippen LogP contribution is 2.25. The van der Waals surface area contributed by atoms with Crippen LogP contribution in [0.15, 0.2) is 35.0 Å². The Bertz CT molecular complexity index is 595. The summed E-state index contributed by atoms with van der Waals surface area (Å²) in [7, 11) is 0. The van der Waals surface area contributed by atoms with Gasteiger partial charge in [-0.25, -0.2) is 4.98 Å². The van der Waals surface area contributed by atoms with E-state index in [0.717, 1.165) is 22.4 Å². The van der Waals surface area contributed by atoms with Crippen LogP contribution in [-0.2, 0) is 0 Å². The van der Waals surface area contributed by atoms with Crippen LogP contribution >= 0.6 is 11.3 Å². The van der Waals surface area contributed by atoms with Crippen molar-refractivity contribution >= 4 is 28.1 Å². The second-order valence-electron chi connectivity index (χ2n) is 3.34. The molecule has 0 fully saturated rings. The van der Waals surface area contributed by atoms with Gasteiger partial charge in [-0.05, 0) is 23.6 Å². The summed E-state index contributed by atoms with van der Waals surface area (Å²) in [4.78, 5) is 7.74. The molecule has 15 heavy (non-hydrogen) atoms. The van der Waals surface area contributed by atoms with Crippen molar-refractivity contribution in [2.45, 2.75) is 0 Å². The number of rotatable bonds is 1. The maximum Gasteiger partial charge on any atom is 0.139 e. The van der Waals surface area contributed by atoms with Gasteiger partial charge >= 0.3 is 0 Å². The average molecular weight is 215 g/mol.